The number of carbonyl (C=O) groups is 3. The fourth-order valence-corrected chi connectivity index (χ4v) is 2.95. The van der Waals surface area contributed by atoms with Crippen LogP contribution in [0, 0.1) is 0 Å². The number of halogens is 3. The zero-order chi connectivity index (χ0) is 15.8. The summed E-state index contributed by atoms with van der Waals surface area (Å²) < 4.78 is 37.6. The minimum absolute atomic E-state index is 0.107. The van der Waals surface area contributed by atoms with Crippen molar-refractivity contribution in [2.24, 2.45) is 5.73 Å². The van der Waals surface area contributed by atoms with Gasteiger partial charge in [-0.2, -0.15) is 13.2 Å². The van der Waals surface area contributed by atoms with Gasteiger partial charge in [-0.3, -0.25) is 14.4 Å². The maximum atomic E-state index is 12.5. The number of rotatable bonds is 2. The van der Waals surface area contributed by atoms with Crippen molar-refractivity contribution < 1.29 is 27.6 Å². The van der Waals surface area contributed by atoms with E-state index in [9.17, 15) is 27.6 Å². The highest BCUT2D eigenvalue weighted by Crippen LogP contribution is 2.28. The molecule has 2 heterocycles. The highest BCUT2D eigenvalue weighted by Gasteiger charge is 2.49. The SMILES string of the molecule is NC(=O)[C@@H]1CCCN1C(=O)C1CCCN1C(=O)C(F)(F)F. The van der Waals surface area contributed by atoms with Gasteiger partial charge in [-0.1, -0.05) is 0 Å². The first-order valence-electron chi connectivity index (χ1n) is 6.71. The van der Waals surface area contributed by atoms with Gasteiger partial charge in [0.1, 0.15) is 12.1 Å². The third kappa shape index (κ3) is 2.96. The first-order valence-corrected chi connectivity index (χ1v) is 6.71. The molecule has 118 valence electrons. The van der Waals surface area contributed by atoms with Crippen LogP contribution in [0.3, 0.4) is 0 Å². The standard InChI is InChI=1S/C12H16F3N3O3/c13-12(14,15)11(21)18-6-2-4-8(18)10(20)17-5-1-3-7(17)9(16)19/h7-8H,1-6H2,(H2,16,19)/t7-,8?/m0/s1. The van der Waals surface area contributed by atoms with Crippen LogP contribution < -0.4 is 5.73 Å². The molecule has 0 radical (unpaired) electrons. The molecule has 6 nitrogen and oxygen atoms in total. The van der Waals surface area contributed by atoms with Crippen molar-refractivity contribution in [1.29, 1.82) is 0 Å². The van der Waals surface area contributed by atoms with Crippen LogP contribution in [0.15, 0.2) is 0 Å². The summed E-state index contributed by atoms with van der Waals surface area (Å²) in [6.45, 7) is 0.167. The van der Waals surface area contributed by atoms with Crippen LogP contribution in [0.1, 0.15) is 25.7 Å². The third-order valence-electron chi connectivity index (χ3n) is 3.91. The Morgan fingerprint density at radius 1 is 0.952 bits per heavy atom. The summed E-state index contributed by atoms with van der Waals surface area (Å²) in [4.78, 5) is 36.7. The molecule has 2 N–H and O–H groups in total. The second-order valence-corrected chi connectivity index (χ2v) is 5.25. The first kappa shape index (κ1) is 15.6. The maximum Gasteiger partial charge on any atom is 0.471 e. The Kier molecular flexibility index (Phi) is 4.11. The van der Waals surface area contributed by atoms with Crippen molar-refractivity contribution in [3.8, 4) is 0 Å². The number of hydrogen-bond acceptors (Lipinski definition) is 3. The number of nitrogens with two attached hydrogens (primary N) is 1. The largest absolute Gasteiger partial charge is 0.471 e. The van der Waals surface area contributed by atoms with E-state index in [4.69, 9.17) is 5.73 Å². The second-order valence-electron chi connectivity index (χ2n) is 5.25. The van der Waals surface area contributed by atoms with Gasteiger partial charge in [-0.05, 0) is 25.7 Å². The number of primary amides is 1. The van der Waals surface area contributed by atoms with Crippen molar-refractivity contribution in [3.63, 3.8) is 0 Å². The fraction of sp³-hybridized carbons (Fsp3) is 0.750. The van der Waals surface area contributed by atoms with Crippen LogP contribution in [0.4, 0.5) is 13.2 Å². The monoisotopic (exact) mass is 307 g/mol. The van der Waals surface area contributed by atoms with Crippen molar-refractivity contribution in [3.05, 3.63) is 0 Å². The van der Waals surface area contributed by atoms with Gasteiger partial charge < -0.3 is 15.5 Å². The quantitative estimate of drug-likeness (QED) is 0.780. The van der Waals surface area contributed by atoms with E-state index in [-0.39, 0.29) is 19.5 Å². The first-order chi connectivity index (χ1) is 9.73. The summed E-state index contributed by atoms with van der Waals surface area (Å²) in [5.74, 6) is -3.30. The van der Waals surface area contributed by atoms with Gasteiger partial charge in [0.15, 0.2) is 0 Å². The van der Waals surface area contributed by atoms with Gasteiger partial charge in [-0.15, -0.1) is 0 Å². The molecule has 2 fully saturated rings. The van der Waals surface area contributed by atoms with Crippen LogP contribution in [0.25, 0.3) is 0 Å². The smallest absolute Gasteiger partial charge is 0.368 e. The number of alkyl halides is 3. The van der Waals surface area contributed by atoms with E-state index in [1.54, 1.807) is 0 Å². The highest BCUT2D eigenvalue weighted by atomic mass is 19.4. The van der Waals surface area contributed by atoms with Gasteiger partial charge >= 0.3 is 12.1 Å². The molecular formula is C12H16F3N3O3. The summed E-state index contributed by atoms with van der Waals surface area (Å²) in [6.07, 6.45) is -3.53. The summed E-state index contributed by atoms with van der Waals surface area (Å²) in [5.41, 5.74) is 5.19. The molecule has 0 aromatic carbocycles. The van der Waals surface area contributed by atoms with Gasteiger partial charge in [-0.25, -0.2) is 0 Å². The Morgan fingerprint density at radius 2 is 1.48 bits per heavy atom. The van der Waals surface area contributed by atoms with Crippen molar-refractivity contribution in [2.75, 3.05) is 13.1 Å². The molecule has 0 aliphatic carbocycles. The zero-order valence-electron chi connectivity index (χ0n) is 11.2. The van der Waals surface area contributed by atoms with Crippen LogP contribution >= 0.6 is 0 Å². The molecule has 0 bridgehead atoms. The van der Waals surface area contributed by atoms with Crippen LogP contribution in [-0.4, -0.2) is 58.9 Å². The molecule has 0 aromatic heterocycles. The minimum atomic E-state index is -5.00. The number of hydrogen-bond donors (Lipinski definition) is 1. The molecule has 2 atom stereocenters. The van der Waals surface area contributed by atoms with E-state index in [0.717, 1.165) is 0 Å². The van der Waals surface area contributed by atoms with Crippen molar-refractivity contribution in [2.45, 2.75) is 43.9 Å². The molecule has 2 aliphatic heterocycles. The van der Waals surface area contributed by atoms with Gasteiger partial charge in [0.2, 0.25) is 11.8 Å². The number of amides is 3. The summed E-state index contributed by atoms with van der Waals surface area (Å²) in [5, 5.41) is 0. The van der Waals surface area contributed by atoms with Crippen LogP contribution in [-0.2, 0) is 14.4 Å². The predicted octanol–water partition coefficient (Wildman–Crippen LogP) is 0.0160. The Morgan fingerprint density at radius 3 is 2.00 bits per heavy atom. The lowest BCUT2D eigenvalue weighted by Gasteiger charge is -2.30. The molecule has 1 unspecified atom stereocenters. The molecule has 0 aromatic rings. The molecule has 0 saturated carbocycles. The normalized spacial score (nSPS) is 26.2. The maximum absolute atomic E-state index is 12.5. The van der Waals surface area contributed by atoms with Crippen molar-refractivity contribution >= 4 is 17.7 Å². The van der Waals surface area contributed by atoms with E-state index in [2.05, 4.69) is 0 Å². The Hall–Kier alpha value is -1.80. The van der Waals surface area contributed by atoms with E-state index in [1.807, 2.05) is 0 Å². The number of nitrogens with zero attached hydrogens (tertiary/aromatic N) is 2. The van der Waals surface area contributed by atoms with Gasteiger partial charge in [0.05, 0.1) is 0 Å². The molecule has 2 rings (SSSR count). The number of carbonyl (C=O) groups excluding carboxylic acids is 3. The second kappa shape index (κ2) is 5.53. The average Bonchev–Trinajstić information content (AvgIpc) is 3.04. The molecule has 2 aliphatic rings. The lowest BCUT2D eigenvalue weighted by molar-refractivity contribution is -0.187. The molecule has 21 heavy (non-hydrogen) atoms. The average molecular weight is 307 g/mol. The number of likely N-dealkylation sites (tertiary alicyclic amines) is 2. The molecular weight excluding hydrogens is 291 g/mol. The topological polar surface area (TPSA) is 83.7 Å². The lowest BCUT2D eigenvalue weighted by atomic mass is 10.1. The van der Waals surface area contributed by atoms with Crippen molar-refractivity contribution in [1.82, 2.24) is 9.80 Å². The minimum Gasteiger partial charge on any atom is -0.368 e. The third-order valence-corrected chi connectivity index (χ3v) is 3.91. The Bertz CT molecular complexity index is 466. The van der Waals surface area contributed by atoms with E-state index < -0.39 is 36.0 Å². The zero-order valence-corrected chi connectivity index (χ0v) is 11.2. The summed E-state index contributed by atoms with van der Waals surface area (Å²) in [6, 6.07) is -1.94. The lowest BCUT2D eigenvalue weighted by Crippen LogP contribution is -2.54. The van der Waals surface area contributed by atoms with Crippen LogP contribution in [0.5, 0.6) is 0 Å². The summed E-state index contributed by atoms with van der Waals surface area (Å²) >= 11 is 0. The van der Waals surface area contributed by atoms with Gasteiger partial charge in [0, 0.05) is 13.1 Å². The molecule has 9 heteroatoms. The van der Waals surface area contributed by atoms with E-state index >= 15 is 0 Å². The van der Waals surface area contributed by atoms with Gasteiger partial charge in [0.25, 0.3) is 0 Å². The Labute approximate surface area is 119 Å². The Balaban J connectivity index is 2.14. The van der Waals surface area contributed by atoms with Crippen LogP contribution in [0.2, 0.25) is 0 Å². The predicted molar refractivity (Wildman–Crippen MR) is 64.7 cm³/mol. The summed E-state index contributed by atoms with van der Waals surface area (Å²) in [7, 11) is 0. The highest BCUT2D eigenvalue weighted by molar-refractivity contribution is 5.93. The van der Waals surface area contributed by atoms with E-state index in [0.29, 0.717) is 24.2 Å². The molecule has 0 spiro atoms. The van der Waals surface area contributed by atoms with E-state index in [1.165, 1.54) is 4.90 Å². The molecule has 3 amide bonds. The molecule has 2 saturated heterocycles. The fourth-order valence-electron chi connectivity index (χ4n) is 2.95.